The molecular weight excluding hydrogens is 266 g/mol. The van der Waals surface area contributed by atoms with Gasteiger partial charge < -0.3 is 10.1 Å². The maximum absolute atomic E-state index is 5.79. The summed E-state index contributed by atoms with van der Waals surface area (Å²) >= 11 is 1.73. The van der Waals surface area contributed by atoms with Crippen LogP contribution in [0.2, 0.25) is 0 Å². The normalized spacial score (nSPS) is 12.3. The third-order valence-corrected chi connectivity index (χ3v) is 4.14. The van der Waals surface area contributed by atoms with Gasteiger partial charge >= 0.3 is 0 Å². The molecule has 2 rings (SSSR count). The SMILES string of the molecule is CCCNC(CC)c1ccc(OCc2cccs2)cc1. The summed E-state index contributed by atoms with van der Waals surface area (Å²) in [6.45, 7) is 6.13. The van der Waals surface area contributed by atoms with E-state index in [0.717, 1.165) is 18.7 Å². The van der Waals surface area contributed by atoms with E-state index in [4.69, 9.17) is 4.74 Å². The first-order valence-electron chi connectivity index (χ1n) is 7.32. The van der Waals surface area contributed by atoms with Crippen molar-refractivity contribution in [2.45, 2.75) is 39.3 Å². The highest BCUT2D eigenvalue weighted by molar-refractivity contribution is 7.09. The van der Waals surface area contributed by atoms with Crippen LogP contribution >= 0.6 is 11.3 Å². The van der Waals surface area contributed by atoms with Crippen LogP contribution in [0.5, 0.6) is 5.75 Å². The Morgan fingerprint density at radius 2 is 1.95 bits per heavy atom. The number of hydrogen-bond donors (Lipinski definition) is 1. The molecule has 20 heavy (non-hydrogen) atoms. The van der Waals surface area contributed by atoms with E-state index >= 15 is 0 Å². The monoisotopic (exact) mass is 289 g/mol. The van der Waals surface area contributed by atoms with Crippen LogP contribution in [0.15, 0.2) is 41.8 Å². The predicted octanol–water partition coefficient (Wildman–Crippen LogP) is 4.78. The fourth-order valence-corrected chi connectivity index (χ4v) is 2.78. The molecule has 1 aromatic heterocycles. The number of nitrogens with one attached hydrogen (secondary N) is 1. The minimum absolute atomic E-state index is 0.446. The highest BCUT2D eigenvalue weighted by Crippen LogP contribution is 2.21. The second-order valence-corrected chi connectivity index (χ2v) is 5.88. The van der Waals surface area contributed by atoms with E-state index in [1.165, 1.54) is 16.9 Å². The Morgan fingerprint density at radius 1 is 1.15 bits per heavy atom. The number of hydrogen-bond acceptors (Lipinski definition) is 3. The number of benzene rings is 1. The van der Waals surface area contributed by atoms with Crippen molar-refractivity contribution in [3.05, 3.63) is 52.2 Å². The molecule has 1 atom stereocenters. The summed E-state index contributed by atoms with van der Waals surface area (Å²) in [4.78, 5) is 1.25. The van der Waals surface area contributed by atoms with Crippen LogP contribution in [0.4, 0.5) is 0 Å². The molecule has 0 aliphatic carbocycles. The number of rotatable bonds is 8. The van der Waals surface area contributed by atoms with Gasteiger partial charge in [0.25, 0.3) is 0 Å². The van der Waals surface area contributed by atoms with Gasteiger partial charge in [-0.15, -0.1) is 11.3 Å². The molecule has 0 aliphatic rings. The van der Waals surface area contributed by atoms with Crippen molar-refractivity contribution in [2.75, 3.05) is 6.54 Å². The first-order valence-corrected chi connectivity index (χ1v) is 8.20. The summed E-state index contributed by atoms with van der Waals surface area (Å²) < 4.78 is 5.79. The van der Waals surface area contributed by atoms with Crippen LogP contribution in [-0.4, -0.2) is 6.54 Å². The van der Waals surface area contributed by atoms with E-state index in [1.54, 1.807) is 11.3 Å². The zero-order valence-electron chi connectivity index (χ0n) is 12.3. The van der Waals surface area contributed by atoms with E-state index < -0.39 is 0 Å². The molecule has 0 radical (unpaired) electrons. The standard InChI is InChI=1S/C17H23NOS/c1-3-11-18-17(4-2)14-7-9-15(10-8-14)19-13-16-6-5-12-20-16/h5-10,12,17-18H,3-4,11,13H2,1-2H3. The third kappa shape index (κ3) is 4.36. The van der Waals surface area contributed by atoms with E-state index in [-0.39, 0.29) is 0 Å². The van der Waals surface area contributed by atoms with Crippen molar-refractivity contribution < 1.29 is 4.74 Å². The summed E-state index contributed by atoms with van der Waals surface area (Å²) in [7, 11) is 0. The van der Waals surface area contributed by atoms with Gasteiger partial charge in [0, 0.05) is 10.9 Å². The van der Waals surface area contributed by atoms with Gasteiger partial charge in [0.15, 0.2) is 0 Å². The fourth-order valence-electron chi connectivity index (χ4n) is 2.16. The molecule has 0 bridgehead atoms. The van der Waals surface area contributed by atoms with Gasteiger partial charge in [-0.3, -0.25) is 0 Å². The van der Waals surface area contributed by atoms with Gasteiger partial charge in [-0.25, -0.2) is 0 Å². The van der Waals surface area contributed by atoms with Crippen LogP contribution in [0.1, 0.15) is 43.2 Å². The molecule has 0 saturated carbocycles. The van der Waals surface area contributed by atoms with Crippen LogP contribution in [0, 0.1) is 0 Å². The molecule has 0 fully saturated rings. The maximum atomic E-state index is 5.79. The molecule has 1 aromatic carbocycles. The topological polar surface area (TPSA) is 21.3 Å². The molecule has 0 aliphatic heterocycles. The Labute approximate surface area is 125 Å². The Morgan fingerprint density at radius 3 is 2.55 bits per heavy atom. The summed E-state index contributed by atoms with van der Waals surface area (Å²) in [6.07, 6.45) is 2.27. The van der Waals surface area contributed by atoms with Gasteiger partial charge in [0.1, 0.15) is 12.4 Å². The Kier molecular flexibility index (Phi) is 6.09. The molecule has 2 nitrogen and oxygen atoms in total. The Hall–Kier alpha value is -1.32. The summed E-state index contributed by atoms with van der Waals surface area (Å²) in [5, 5.41) is 5.65. The summed E-state index contributed by atoms with van der Waals surface area (Å²) in [5.41, 5.74) is 1.34. The van der Waals surface area contributed by atoms with E-state index in [9.17, 15) is 0 Å². The molecule has 2 aromatic rings. The number of thiophene rings is 1. The van der Waals surface area contributed by atoms with Crippen LogP contribution in [0.25, 0.3) is 0 Å². The Balaban J connectivity index is 1.91. The van der Waals surface area contributed by atoms with Gasteiger partial charge in [-0.2, -0.15) is 0 Å². The third-order valence-electron chi connectivity index (χ3n) is 3.29. The van der Waals surface area contributed by atoms with Crippen LogP contribution in [-0.2, 0) is 6.61 Å². The first-order chi connectivity index (χ1) is 9.83. The average Bonchev–Trinajstić information content (AvgIpc) is 3.00. The quantitative estimate of drug-likeness (QED) is 0.755. The lowest BCUT2D eigenvalue weighted by molar-refractivity contribution is 0.309. The lowest BCUT2D eigenvalue weighted by atomic mass is 10.0. The van der Waals surface area contributed by atoms with Gasteiger partial charge in [0.05, 0.1) is 0 Å². The smallest absolute Gasteiger partial charge is 0.122 e. The van der Waals surface area contributed by atoms with E-state index in [0.29, 0.717) is 12.6 Å². The van der Waals surface area contributed by atoms with Crippen molar-refractivity contribution in [3.8, 4) is 5.75 Å². The zero-order valence-corrected chi connectivity index (χ0v) is 13.1. The largest absolute Gasteiger partial charge is 0.488 e. The zero-order chi connectivity index (χ0) is 14.2. The van der Waals surface area contributed by atoms with Crippen molar-refractivity contribution >= 4 is 11.3 Å². The second kappa shape index (κ2) is 8.08. The predicted molar refractivity (Wildman–Crippen MR) is 86.4 cm³/mol. The molecule has 0 amide bonds. The Bertz CT molecular complexity index is 478. The highest BCUT2D eigenvalue weighted by atomic mass is 32.1. The molecular formula is C17H23NOS. The second-order valence-electron chi connectivity index (χ2n) is 4.85. The highest BCUT2D eigenvalue weighted by Gasteiger charge is 2.07. The van der Waals surface area contributed by atoms with Crippen molar-refractivity contribution in [1.82, 2.24) is 5.32 Å². The minimum atomic E-state index is 0.446. The summed E-state index contributed by atoms with van der Waals surface area (Å²) in [6, 6.07) is 13.1. The van der Waals surface area contributed by atoms with Gasteiger partial charge in [0.2, 0.25) is 0 Å². The average molecular weight is 289 g/mol. The molecule has 1 heterocycles. The molecule has 3 heteroatoms. The first kappa shape index (κ1) is 15.1. The lowest BCUT2D eigenvalue weighted by Gasteiger charge is -2.17. The fraction of sp³-hybridized carbons (Fsp3) is 0.412. The van der Waals surface area contributed by atoms with Crippen LogP contribution in [0.3, 0.4) is 0 Å². The van der Waals surface area contributed by atoms with Crippen molar-refractivity contribution in [2.24, 2.45) is 0 Å². The van der Waals surface area contributed by atoms with Gasteiger partial charge in [-0.1, -0.05) is 32.0 Å². The van der Waals surface area contributed by atoms with E-state index in [2.05, 4.69) is 60.9 Å². The molecule has 1 unspecified atom stereocenters. The minimum Gasteiger partial charge on any atom is -0.488 e. The molecule has 0 saturated heterocycles. The summed E-state index contributed by atoms with van der Waals surface area (Å²) in [5.74, 6) is 0.937. The molecule has 0 spiro atoms. The molecule has 108 valence electrons. The number of ether oxygens (including phenoxy) is 1. The van der Waals surface area contributed by atoms with Crippen molar-refractivity contribution in [3.63, 3.8) is 0 Å². The maximum Gasteiger partial charge on any atom is 0.122 e. The molecule has 1 N–H and O–H groups in total. The van der Waals surface area contributed by atoms with Gasteiger partial charge in [-0.05, 0) is 48.5 Å². The lowest BCUT2D eigenvalue weighted by Crippen LogP contribution is -2.21. The van der Waals surface area contributed by atoms with E-state index in [1.807, 2.05) is 0 Å². The van der Waals surface area contributed by atoms with Crippen molar-refractivity contribution in [1.29, 1.82) is 0 Å². The van der Waals surface area contributed by atoms with Crippen LogP contribution < -0.4 is 10.1 Å².